The maximum absolute atomic E-state index is 13.2. The summed E-state index contributed by atoms with van der Waals surface area (Å²) >= 11 is 0. The van der Waals surface area contributed by atoms with E-state index in [0.29, 0.717) is 31.9 Å². The Kier molecular flexibility index (Phi) is 7.04. The molecule has 2 N–H and O–H groups in total. The Morgan fingerprint density at radius 3 is 2.32 bits per heavy atom. The lowest BCUT2D eigenvalue weighted by atomic mass is 10.0. The number of hydrogen-bond donors (Lipinski definition) is 2. The monoisotopic (exact) mass is 436 g/mol. The number of piperazine rings is 1. The fraction of sp³-hybridized carbons (Fsp3) is 0.455. The zero-order valence-electron chi connectivity index (χ0n) is 17.6. The van der Waals surface area contributed by atoms with Crippen LogP contribution in [0.4, 0.5) is 24.5 Å². The Bertz CT molecular complexity index is 879. The molecule has 1 saturated heterocycles. The fourth-order valence-electron chi connectivity index (χ4n) is 3.66. The van der Waals surface area contributed by atoms with E-state index in [1.54, 1.807) is 17.3 Å². The summed E-state index contributed by atoms with van der Waals surface area (Å²) in [7, 11) is 0. The second-order valence-corrected chi connectivity index (χ2v) is 7.92. The standard InChI is InChI=1S/C22H27F3N4O2/c1-15(2)20(27-18-5-3-17(4-6-18)22(23,24)25)21(31)29-11-9-28(10-12-29)19-7-8-26-13-16(19)14-30/h3-8,13,15,20,27,30H,9-12,14H2,1-2H3/t20-/m1/s1. The molecule has 168 valence electrons. The largest absolute Gasteiger partial charge is 0.416 e. The van der Waals surface area contributed by atoms with Crippen LogP contribution in [0.25, 0.3) is 0 Å². The summed E-state index contributed by atoms with van der Waals surface area (Å²) in [5, 5.41) is 12.6. The van der Waals surface area contributed by atoms with Crippen molar-refractivity contribution < 1.29 is 23.1 Å². The molecule has 3 rings (SSSR count). The quantitative estimate of drug-likeness (QED) is 0.727. The van der Waals surface area contributed by atoms with Gasteiger partial charge in [0.25, 0.3) is 0 Å². The second kappa shape index (κ2) is 9.55. The van der Waals surface area contributed by atoms with Gasteiger partial charge in [0.05, 0.1) is 12.2 Å². The molecule has 9 heteroatoms. The Morgan fingerprint density at radius 1 is 1.13 bits per heavy atom. The number of aromatic nitrogens is 1. The molecule has 31 heavy (non-hydrogen) atoms. The summed E-state index contributed by atoms with van der Waals surface area (Å²) in [4.78, 5) is 21.1. The van der Waals surface area contributed by atoms with Gasteiger partial charge in [-0.3, -0.25) is 9.78 Å². The molecule has 0 spiro atoms. The number of benzene rings is 1. The van der Waals surface area contributed by atoms with Crippen molar-refractivity contribution >= 4 is 17.3 Å². The first kappa shape index (κ1) is 22.9. The molecule has 2 aromatic rings. The molecule has 1 aliphatic heterocycles. The number of anilines is 2. The van der Waals surface area contributed by atoms with Gasteiger partial charge in [0, 0.05) is 55.5 Å². The predicted molar refractivity (Wildman–Crippen MR) is 113 cm³/mol. The summed E-state index contributed by atoms with van der Waals surface area (Å²) in [5.41, 5.74) is 1.40. The van der Waals surface area contributed by atoms with Crippen LogP contribution in [-0.4, -0.2) is 53.1 Å². The molecule has 0 radical (unpaired) electrons. The summed E-state index contributed by atoms with van der Waals surface area (Å²) in [6, 6.07) is 6.03. The van der Waals surface area contributed by atoms with E-state index >= 15 is 0 Å². The number of aliphatic hydroxyl groups is 1. The summed E-state index contributed by atoms with van der Waals surface area (Å²) in [6.45, 7) is 5.98. The van der Waals surface area contributed by atoms with Crippen molar-refractivity contribution in [2.45, 2.75) is 32.7 Å². The number of nitrogens with zero attached hydrogens (tertiary/aromatic N) is 3. The molecule has 1 aromatic carbocycles. The molecule has 0 unspecified atom stereocenters. The van der Waals surface area contributed by atoms with E-state index in [1.165, 1.54) is 12.1 Å². The molecule has 1 fully saturated rings. The van der Waals surface area contributed by atoms with Crippen LogP contribution in [-0.2, 0) is 17.6 Å². The SMILES string of the molecule is CC(C)[C@@H](Nc1ccc(C(F)(F)F)cc1)C(=O)N1CCN(c2ccncc2CO)CC1. The first-order valence-corrected chi connectivity index (χ1v) is 10.2. The van der Waals surface area contributed by atoms with Crippen LogP contribution >= 0.6 is 0 Å². The zero-order valence-corrected chi connectivity index (χ0v) is 17.6. The average Bonchev–Trinajstić information content (AvgIpc) is 2.76. The average molecular weight is 436 g/mol. The summed E-state index contributed by atoms with van der Waals surface area (Å²) < 4.78 is 38.3. The highest BCUT2D eigenvalue weighted by atomic mass is 19.4. The molecule has 1 amide bonds. The number of carbonyl (C=O) groups excluding carboxylic acids is 1. The van der Waals surface area contributed by atoms with Crippen LogP contribution in [0.1, 0.15) is 25.0 Å². The maximum Gasteiger partial charge on any atom is 0.416 e. The van der Waals surface area contributed by atoms with E-state index in [2.05, 4.69) is 15.2 Å². The predicted octanol–water partition coefficient (Wildman–Crippen LogP) is 3.38. The van der Waals surface area contributed by atoms with Crippen LogP contribution in [0, 0.1) is 5.92 Å². The number of hydrogen-bond acceptors (Lipinski definition) is 5. The third-order valence-corrected chi connectivity index (χ3v) is 5.45. The lowest BCUT2D eigenvalue weighted by molar-refractivity contribution is -0.137. The van der Waals surface area contributed by atoms with Crippen molar-refractivity contribution in [1.29, 1.82) is 0 Å². The fourth-order valence-corrected chi connectivity index (χ4v) is 3.66. The Morgan fingerprint density at radius 2 is 1.77 bits per heavy atom. The zero-order chi connectivity index (χ0) is 22.6. The minimum absolute atomic E-state index is 0.0472. The molecule has 6 nitrogen and oxygen atoms in total. The number of amides is 1. The molecular weight excluding hydrogens is 409 g/mol. The molecular formula is C22H27F3N4O2. The Balaban J connectivity index is 1.65. The van der Waals surface area contributed by atoms with Gasteiger partial charge < -0.3 is 20.2 Å². The molecule has 0 bridgehead atoms. The van der Waals surface area contributed by atoms with E-state index in [4.69, 9.17) is 0 Å². The van der Waals surface area contributed by atoms with E-state index in [1.807, 2.05) is 19.9 Å². The van der Waals surface area contributed by atoms with Crippen molar-refractivity contribution in [2.24, 2.45) is 5.92 Å². The van der Waals surface area contributed by atoms with Gasteiger partial charge in [-0.25, -0.2) is 0 Å². The summed E-state index contributed by atoms with van der Waals surface area (Å²) in [6.07, 6.45) is -1.08. The van der Waals surface area contributed by atoms with Crippen LogP contribution < -0.4 is 10.2 Å². The van der Waals surface area contributed by atoms with E-state index in [0.717, 1.165) is 23.4 Å². The van der Waals surface area contributed by atoms with Gasteiger partial charge >= 0.3 is 6.18 Å². The third kappa shape index (κ3) is 5.46. The van der Waals surface area contributed by atoms with Crippen molar-refractivity contribution in [3.8, 4) is 0 Å². The van der Waals surface area contributed by atoms with Crippen molar-refractivity contribution in [1.82, 2.24) is 9.88 Å². The van der Waals surface area contributed by atoms with Crippen LogP contribution in [0.5, 0.6) is 0 Å². The number of halogens is 3. The molecule has 1 atom stereocenters. The van der Waals surface area contributed by atoms with Crippen LogP contribution in [0.2, 0.25) is 0 Å². The number of pyridine rings is 1. The van der Waals surface area contributed by atoms with Crippen molar-refractivity contribution in [3.05, 3.63) is 53.9 Å². The Hall–Kier alpha value is -2.81. The second-order valence-electron chi connectivity index (χ2n) is 7.92. The van der Waals surface area contributed by atoms with E-state index in [9.17, 15) is 23.1 Å². The minimum Gasteiger partial charge on any atom is -0.392 e. The van der Waals surface area contributed by atoms with Gasteiger partial charge in [0.2, 0.25) is 5.91 Å². The third-order valence-electron chi connectivity index (χ3n) is 5.45. The number of nitrogens with one attached hydrogen (secondary N) is 1. The van der Waals surface area contributed by atoms with Gasteiger partial charge in [-0.05, 0) is 36.2 Å². The van der Waals surface area contributed by atoms with Gasteiger partial charge in [0.15, 0.2) is 0 Å². The van der Waals surface area contributed by atoms with Gasteiger partial charge in [-0.15, -0.1) is 0 Å². The normalized spacial score (nSPS) is 15.8. The van der Waals surface area contributed by atoms with Gasteiger partial charge in [-0.1, -0.05) is 13.8 Å². The Labute approximate surface area is 179 Å². The molecule has 1 aromatic heterocycles. The highest BCUT2D eigenvalue weighted by Crippen LogP contribution is 2.30. The maximum atomic E-state index is 13.2. The van der Waals surface area contributed by atoms with Crippen molar-refractivity contribution in [3.63, 3.8) is 0 Å². The summed E-state index contributed by atoms with van der Waals surface area (Å²) in [5.74, 6) is -0.124. The highest BCUT2D eigenvalue weighted by Gasteiger charge is 2.32. The number of aliphatic hydroxyl groups excluding tert-OH is 1. The smallest absolute Gasteiger partial charge is 0.392 e. The van der Waals surface area contributed by atoms with Crippen molar-refractivity contribution in [2.75, 3.05) is 36.4 Å². The molecule has 0 aliphatic carbocycles. The number of rotatable bonds is 6. The minimum atomic E-state index is -4.39. The number of carbonyl (C=O) groups is 1. The number of alkyl halides is 3. The highest BCUT2D eigenvalue weighted by molar-refractivity contribution is 5.85. The van der Waals surface area contributed by atoms with Gasteiger partial charge in [-0.2, -0.15) is 13.2 Å². The topological polar surface area (TPSA) is 68.7 Å². The molecule has 1 aliphatic rings. The van der Waals surface area contributed by atoms with Gasteiger partial charge in [0.1, 0.15) is 6.04 Å². The van der Waals surface area contributed by atoms with Crippen LogP contribution in [0.15, 0.2) is 42.7 Å². The first-order valence-electron chi connectivity index (χ1n) is 10.2. The van der Waals surface area contributed by atoms with E-state index in [-0.39, 0.29) is 18.4 Å². The first-order chi connectivity index (χ1) is 14.7. The lowest BCUT2D eigenvalue weighted by Gasteiger charge is -2.39. The van der Waals surface area contributed by atoms with Crippen LogP contribution in [0.3, 0.4) is 0 Å². The lowest BCUT2D eigenvalue weighted by Crippen LogP contribution is -2.54. The molecule has 2 heterocycles. The van der Waals surface area contributed by atoms with E-state index < -0.39 is 17.8 Å². The molecule has 0 saturated carbocycles.